The van der Waals surface area contributed by atoms with Crippen molar-refractivity contribution in [2.24, 2.45) is 0 Å². The van der Waals surface area contributed by atoms with E-state index in [0.717, 1.165) is 18.6 Å². The molecule has 0 heterocycles. The average Bonchev–Trinajstić information content (AvgIpc) is 2.74. The van der Waals surface area contributed by atoms with Crippen LogP contribution in [0.2, 0.25) is 0 Å². The molecule has 0 bridgehead atoms. The van der Waals surface area contributed by atoms with Gasteiger partial charge in [-0.1, -0.05) is 95.8 Å². The third-order valence-electron chi connectivity index (χ3n) is 5.22. The number of benzene rings is 1. The first-order valence-corrected chi connectivity index (χ1v) is 13.5. The van der Waals surface area contributed by atoms with E-state index in [1.54, 1.807) is 0 Å². The van der Waals surface area contributed by atoms with Crippen molar-refractivity contribution in [3.8, 4) is 5.75 Å². The molecule has 1 unspecified atom stereocenters. The van der Waals surface area contributed by atoms with Crippen LogP contribution in [0.1, 0.15) is 90.4 Å². The van der Waals surface area contributed by atoms with Gasteiger partial charge in [-0.2, -0.15) is 0 Å². The summed E-state index contributed by atoms with van der Waals surface area (Å²) in [7, 11) is -4.44. The Morgan fingerprint density at radius 2 is 1.35 bits per heavy atom. The zero-order valence-corrected chi connectivity index (χ0v) is 20.1. The minimum absolute atomic E-state index is 0.0828. The first kappa shape index (κ1) is 28.1. The van der Waals surface area contributed by atoms with E-state index in [4.69, 9.17) is 19.3 Å². The van der Waals surface area contributed by atoms with Crippen LogP contribution in [0.3, 0.4) is 0 Å². The fraction of sp³-hybridized carbons (Fsp3) is 0.750. The lowest BCUT2D eigenvalue weighted by atomic mass is 10.0. The highest BCUT2D eigenvalue weighted by Gasteiger charge is 2.14. The summed E-state index contributed by atoms with van der Waals surface area (Å²) in [6, 6.07) is 9.66. The van der Waals surface area contributed by atoms with Crippen LogP contribution in [0.25, 0.3) is 0 Å². The molecular formula is C24H43O6P. The third kappa shape index (κ3) is 18.4. The molecule has 0 aliphatic heterocycles. The largest absolute Gasteiger partial charge is 0.488 e. The van der Waals surface area contributed by atoms with Gasteiger partial charge in [-0.3, -0.25) is 4.52 Å². The lowest BCUT2D eigenvalue weighted by Crippen LogP contribution is -2.24. The van der Waals surface area contributed by atoms with Crippen LogP contribution >= 0.6 is 7.82 Å². The maximum Gasteiger partial charge on any atom is 0.469 e. The number of ether oxygens (including phenoxy) is 2. The Labute approximate surface area is 188 Å². The van der Waals surface area contributed by atoms with Gasteiger partial charge in [-0.25, -0.2) is 4.57 Å². The van der Waals surface area contributed by atoms with Crippen molar-refractivity contribution in [3.63, 3.8) is 0 Å². The van der Waals surface area contributed by atoms with Gasteiger partial charge in [0.15, 0.2) is 0 Å². The number of rotatable bonds is 21. The fourth-order valence-electron chi connectivity index (χ4n) is 3.51. The van der Waals surface area contributed by atoms with E-state index in [9.17, 15) is 4.57 Å². The van der Waals surface area contributed by atoms with E-state index in [-0.39, 0.29) is 19.3 Å². The topological polar surface area (TPSA) is 85.2 Å². The normalized spacial score (nSPS) is 12.7. The number of hydrogen-bond donors (Lipinski definition) is 2. The zero-order valence-electron chi connectivity index (χ0n) is 19.3. The summed E-state index contributed by atoms with van der Waals surface area (Å²) < 4.78 is 26.7. The Balaban J connectivity index is 2.14. The molecule has 0 aromatic heterocycles. The second-order valence-electron chi connectivity index (χ2n) is 8.13. The molecule has 180 valence electrons. The van der Waals surface area contributed by atoms with Crippen molar-refractivity contribution < 1.29 is 28.3 Å². The number of para-hydroxylation sites is 1. The molecule has 0 aliphatic rings. The number of hydrogen-bond acceptors (Lipinski definition) is 4. The molecule has 6 nitrogen and oxygen atoms in total. The number of unbranched alkanes of at least 4 members (excludes halogenated alkanes) is 11. The molecule has 2 N–H and O–H groups in total. The zero-order chi connectivity index (χ0) is 22.6. The second-order valence-corrected chi connectivity index (χ2v) is 9.37. The van der Waals surface area contributed by atoms with Gasteiger partial charge < -0.3 is 19.3 Å². The van der Waals surface area contributed by atoms with E-state index in [1.807, 2.05) is 30.3 Å². The molecule has 0 radical (unpaired) electrons. The highest BCUT2D eigenvalue weighted by molar-refractivity contribution is 7.46. The maximum absolute atomic E-state index is 10.7. The Kier molecular flexibility index (Phi) is 16.9. The SMILES string of the molecule is CCCCCCCCCCCCCCC(COCCOP(=O)(O)O)Oc1ccccc1. The third-order valence-corrected chi connectivity index (χ3v) is 5.74. The molecule has 7 heteroatoms. The van der Waals surface area contributed by atoms with Crippen LogP contribution in [-0.2, 0) is 13.8 Å². The highest BCUT2D eigenvalue weighted by Crippen LogP contribution is 2.35. The van der Waals surface area contributed by atoms with Crippen LogP contribution in [-0.4, -0.2) is 35.7 Å². The molecule has 0 spiro atoms. The summed E-state index contributed by atoms with van der Waals surface area (Å²) >= 11 is 0. The molecule has 1 aromatic rings. The van der Waals surface area contributed by atoms with Crippen LogP contribution in [0.5, 0.6) is 5.75 Å². The molecule has 0 amide bonds. The second kappa shape index (κ2) is 18.6. The molecule has 0 fully saturated rings. The minimum Gasteiger partial charge on any atom is -0.488 e. The summed E-state index contributed by atoms with van der Waals surface area (Å²) in [5.74, 6) is 0.807. The van der Waals surface area contributed by atoms with Gasteiger partial charge in [0, 0.05) is 0 Å². The lowest BCUT2D eigenvalue weighted by molar-refractivity contribution is 0.0272. The molecule has 1 aromatic carbocycles. The summed E-state index contributed by atoms with van der Waals surface area (Å²) in [4.78, 5) is 17.4. The predicted molar refractivity (Wildman–Crippen MR) is 125 cm³/mol. The smallest absolute Gasteiger partial charge is 0.469 e. The lowest BCUT2D eigenvalue weighted by Gasteiger charge is -2.19. The standard InChI is InChI=1S/C24H43O6P/c1-2-3-4-5-6-7-8-9-10-11-12-14-19-24(30-23-17-15-13-16-18-23)22-28-20-21-29-31(25,26)27/h13,15-18,24H,2-12,14,19-22H2,1H3,(H2,25,26,27). The monoisotopic (exact) mass is 458 g/mol. The maximum atomic E-state index is 10.7. The van der Waals surface area contributed by atoms with Gasteiger partial charge in [-0.05, 0) is 25.0 Å². The molecule has 0 saturated heterocycles. The van der Waals surface area contributed by atoms with Gasteiger partial charge in [0.1, 0.15) is 11.9 Å². The van der Waals surface area contributed by atoms with Crippen molar-refractivity contribution in [2.45, 2.75) is 96.5 Å². The highest BCUT2D eigenvalue weighted by atomic mass is 31.2. The molecule has 1 rings (SSSR count). The van der Waals surface area contributed by atoms with E-state index < -0.39 is 7.82 Å². The van der Waals surface area contributed by atoms with Gasteiger partial charge in [-0.15, -0.1) is 0 Å². The van der Waals surface area contributed by atoms with Gasteiger partial charge in [0.25, 0.3) is 0 Å². The Hall–Kier alpha value is -0.910. The molecule has 0 saturated carbocycles. The summed E-state index contributed by atoms with van der Waals surface area (Å²) in [6.07, 6.45) is 16.6. The van der Waals surface area contributed by atoms with Crippen molar-refractivity contribution in [3.05, 3.63) is 30.3 Å². The van der Waals surface area contributed by atoms with Crippen molar-refractivity contribution in [1.29, 1.82) is 0 Å². The predicted octanol–water partition coefficient (Wildman–Crippen LogP) is 6.65. The van der Waals surface area contributed by atoms with Gasteiger partial charge in [0.2, 0.25) is 0 Å². The van der Waals surface area contributed by atoms with Gasteiger partial charge >= 0.3 is 7.82 Å². The molecule has 31 heavy (non-hydrogen) atoms. The van der Waals surface area contributed by atoms with Crippen molar-refractivity contribution in [1.82, 2.24) is 0 Å². The van der Waals surface area contributed by atoms with E-state index in [1.165, 1.54) is 70.6 Å². The number of phosphoric acid groups is 1. The Morgan fingerprint density at radius 1 is 0.806 bits per heavy atom. The van der Waals surface area contributed by atoms with Crippen molar-refractivity contribution >= 4 is 7.82 Å². The van der Waals surface area contributed by atoms with Crippen molar-refractivity contribution in [2.75, 3.05) is 19.8 Å². The van der Waals surface area contributed by atoms with Crippen LogP contribution in [0.15, 0.2) is 30.3 Å². The molecule has 0 aliphatic carbocycles. The summed E-state index contributed by atoms with van der Waals surface area (Å²) in [5.41, 5.74) is 0. The summed E-state index contributed by atoms with van der Waals surface area (Å²) in [6.45, 7) is 2.62. The van der Waals surface area contributed by atoms with E-state index in [2.05, 4.69) is 11.4 Å². The van der Waals surface area contributed by atoms with E-state index in [0.29, 0.717) is 6.61 Å². The van der Waals surface area contributed by atoms with Gasteiger partial charge in [0.05, 0.1) is 19.8 Å². The quantitative estimate of drug-likeness (QED) is 0.158. The number of phosphoric ester groups is 1. The fourth-order valence-corrected chi connectivity index (χ4v) is 3.82. The first-order valence-electron chi connectivity index (χ1n) is 12.0. The van der Waals surface area contributed by atoms with Crippen LogP contribution < -0.4 is 4.74 Å². The summed E-state index contributed by atoms with van der Waals surface area (Å²) in [5, 5.41) is 0. The average molecular weight is 459 g/mol. The van der Waals surface area contributed by atoms with Crippen LogP contribution in [0.4, 0.5) is 0 Å². The van der Waals surface area contributed by atoms with E-state index >= 15 is 0 Å². The molecule has 1 atom stereocenters. The first-order chi connectivity index (χ1) is 15.0. The Bertz CT molecular complexity index is 562. The minimum atomic E-state index is -4.44. The molecular weight excluding hydrogens is 415 g/mol. The van der Waals surface area contributed by atoms with Crippen LogP contribution in [0, 0.1) is 0 Å². The Morgan fingerprint density at radius 3 is 1.90 bits per heavy atom.